The molecule has 0 aliphatic carbocycles. The van der Waals surface area contributed by atoms with Crippen molar-refractivity contribution in [2.24, 2.45) is 17.6 Å². The van der Waals surface area contributed by atoms with Crippen LogP contribution in [0.5, 0.6) is 0 Å². The van der Waals surface area contributed by atoms with Gasteiger partial charge in [0.2, 0.25) is 0 Å². The van der Waals surface area contributed by atoms with E-state index < -0.39 is 0 Å². The Morgan fingerprint density at radius 3 is 2.83 bits per heavy atom. The van der Waals surface area contributed by atoms with Crippen LogP contribution in [0.4, 0.5) is 0 Å². The number of aromatic nitrogens is 4. The summed E-state index contributed by atoms with van der Waals surface area (Å²) in [7, 11) is 0. The Morgan fingerprint density at radius 2 is 2.11 bits per heavy atom. The van der Waals surface area contributed by atoms with Gasteiger partial charge in [-0.3, -0.25) is 9.38 Å². The van der Waals surface area contributed by atoms with Crippen LogP contribution in [0.1, 0.15) is 32.5 Å². The fourth-order valence-corrected chi connectivity index (χ4v) is 2.31. The van der Waals surface area contributed by atoms with E-state index in [0.717, 1.165) is 37.3 Å². The van der Waals surface area contributed by atoms with Crippen molar-refractivity contribution in [2.45, 2.75) is 33.1 Å². The minimum Gasteiger partial charge on any atom is -0.330 e. The van der Waals surface area contributed by atoms with E-state index in [0.29, 0.717) is 11.8 Å². The number of nitrogens with zero attached hydrogens (tertiary/aromatic N) is 4. The van der Waals surface area contributed by atoms with Crippen molar-refractivity contribution in [1.29, 1.82) is 0 Å². The van der Waals surface area contributed by atoms with Gasteiger partial charge in [0, 0.05) is 18.8 Å². The Hall–Kier alpha value is -1.49. The van der Waals surface area contributed by atoms with Gasteiger partial charge in [-0.25, -0.2) is 0 Å². The van der Waals surface area contributed by atoms with E-state index >= 15 is 0 Å². The smallest absolute Gasteiger partial charge is 0.179 e. The highest BCUT2D eigenvalue weighted by atomic mass is 15.2. The van der Waals surface area contributed by atoms with Crippen LogP contribution in [0.2, 0.25) is 0 Å². The maximum atomic E-state index is 5.67. The quantitative estimate of drug-likeness (QED) is 0.843. The second kappa shape index (κ2) is 5.91. The molecule has 1 atom stereocenters. The van der Waals surface area contributed by atoms with Gasteiger partial charge < -0.3 is 5.73 Å². The van der Waals surface area contributed by atoms with Crippen LogP contribution in [0.25, 0.3) is 5.65 Å². The van der Waals surface area contributed by atoms with Crippen LogP contribution in [0, 0.1) is 11.8 Å². The molecule has 2 N–H and O–H groups in total. The van der Waals surface area contributed by atoms with Crippen LogP contribution in [0.3, 0.4) is 0 Å². The van der Waals surface area contributed by atoms with Gasteiger partial charge in [0.1, 0.15) is 5.82 Å². The predicted molar refractivity (Wildman–Crippen MR) is 71.1 cm³/mol. The molecule has 0 radical (unpaired) electrons. The normalized spacial score (nSPS) is 13.3. The minimum atomic E-state index is 0.657. The van der Waals surface area contributed by atoms with Gasteiger partial charge in [-0.15, -0.1) is 10.2 Å². The summed E-state index contributed by atoms with van der Waals surface area (Å²) in [6.45, 7) is 5.27. The molecular formula is C13H21N5. The molecule has 0 aromatic carbocycles. The predicted octanol–water partition coefficient (Wildman–Crippen LogP) is 1.68. The van der Waals surface area contributed by atoms with Gasteiger partial charge in [-0.2, -0.15) is 0 Å². The minimum absolute atomic E-state index is 0.657. The molecule has 1 unspecified atom stereocenters. The highest BCUT2D eigenvalue weighted by Crippen LogP contribution is 2.20. The molecule has 18 heavy (non-hydrogen) atoms. The summed E-state index contributed by atoms with van der Waals surface area (Å²) in [5, 5.41) is 8.34. The fraction of sp³-hybridized carbons (Fsp3) is 0.615. The van der Waals surface area contributed by atoms with E-state index in [-0.39, 0.29) is 0 Å². The lowest BCUT2D eigenvalue weighted by Gasteiger charge is -2.19. The SMILES string of the molecule is CC(C)C(CCN)CCc1nnc2cnccn12. The maximum Gasteiger partial charge on any atom is 0.179 e. The van der Waals surface area contributed by atoms with Crippen molar-refractivity contribution in [3.8, 4) is 0 Å². The zero-order valence-electron chi connectivity index (χ0n) is 11.1. The summed E-state index contributed by atoms with van der Waals surface area (Å²) in [4.78, 5) is 4.04. The van der Waals surface area contributed by atoms with Crippen molar-refractivity contribution in [2.75, 3.05) is 6.54 Å². The number of hydrogen-bond donors (Lipinski definition) is 1. The molecule has 2 rings (SSSR count). The van der Waals surface area contributed by atoms with E-state index in [1.54, 1.807) is 12.4 Å². The third kappa shape index (κ3) is 2.85. The Morgan fingerprint density at radius 1 is 1.28 bits per heavy atom. The van der Waals surface area contributed by atoms with Crippen molar-refractivity contribution in [3.05, 3.63) is 24.4 Å². The monoisotopic (exact) mass is 247 g/mol. The number of nitrogens with two attached hydrogens (primary N) is 1. The van der Waals surface area contributed by atoms with Gasteiger partial charge in [0.25, 0.3) is 0 Å². The lowest BCUT2D eigenvalue weighted by Crippen LogP contribution is -2.15. The van der Waals surface area contributed by atoms with Crippen LogP contribution in [-0.4, -0.2) is 26.1 Å². The van der Waals surface area contributed by atoms with E-state index in [1.807, 2.05) is 10.6 Å². The Kier molecular flexibility index (Phi) is 4.25. The average molecular weight is 247 g/mol. The standard InChI is InChI=1S/C13H21N5/c1-10(2)11(5-6-14)3-4-12-16-17-13-9-15-7-8-18(12)13/h7-11H,3-6,14H2,1-2H3. The van der Waals surface area contributed by atoms with Crippen molar-refractivity contribution >= 4 is 5.65 Å². The molecule has 0 saturated carbocycles. The number of hydrogen-bond acceptors (Lipinski definition) is 4. The van der Waals surface area contributed by atoms with E-state index in [2.05, 4.69) is 29.0 Å². The third-order valence-electron chi connectivity index (χ3n) is 3.50. The second-order valence-corrected chi connectivity index (χ2v) is 5.04. The molecule has 0 spiro atoms. The van der Waals surface area contributed by atoms with Crippen LogP contribution < -0.4 is 5.73 Å². The number of aryl methyl sites for hydroxylation is 1. The Labute approximate surface area is 107 Å². The van der Waals surface area contributed by atoms with Crippen molar-refractivity contribution < 1.29 is 0 Å². The Bertz CT molecular complexity index is 491. The van der Waals surface area contributed by atoms with E-state index in [1.165, 1.54) is 0 Å². The third-order valence-corrected chi connectivity index (χ3v) is 3.50. The number of rotatable bonds is 6. The first-order valence-corrected chi connectivity index (χ1v) is 6.56. The molecule has 5 heteroatoms. The molecule has 98 valence electrons. The fourth-order valence-electron chi connectivity index (χ4n) is 2.31. The summed E-state index contributed by atoms with van der Waals surface area (Å²) in [5.41, 5.74) is 6.48. The van der Waals surface area contributed by atoms with Crippen LogP contribution in [-0.2, 0) is 6.42 Å². The number of fused-ring (bicyclic) bond motifs is 1. The first-order valence-electron chi connectivity index (χ1n) is 6.56. The highest BCUT2D eigenvalue weighted by molar-refractivity contribution is 5.33. The molecule has 0 aliphatic heterocycles. The summed E-state index contributed by atoms with van der Waals surface area (Å²) in [6.07, 6.45) is 8.54. The topological polar surface area (TPSA) is 69.1 Å². The summed E-state index contributed by atoms with van der Waals surface area (Å²) < 4.78 is 2.01. The molecule has 0 aliphatic rings. The molecule has 0 fully saturated rings. The highest BCUT2D eigenvalue weighted by Gasteiger charge is 2.14. The summed E-state index contributed by atoms with van der Waals surface area (Å²) in [6, 6.07) is 0. The maximum absolute atomic E-state index is 5.67. The van der Waals surface area contributed by atoms with Gasteiger partial charge in [0.05, 0.1) is 6.20 Å². The largest absolute Gasteiger partial charge is 0.330 e. The van der Waals surface area contributed by atoms with E-state index in [4.69, 9.17) is 5.73 Å². The van der Waals surface area contributed by atoms with Gasteiger partial charge in [-0.05, 0) is 31.2 Å². The molecule has 0 bridgehead atoms. The van der Waals surface area contributed by atoms with Crippen molar-refractivity contribution in [3.63, 3.8) is 0 Å². The summed E-state index contributed by atoms with van der Waals surface area (Å²) >= 11 is 0. The van der Waals surface area contributed by atoms with Crippen LogP contribution in [0.15, 0.2) is 18.6 Å². The Balaban J connectivity index is 2.05. The molecule has 0 saturated heterocycles. The van der Waals surface area contributed by atoms with Gasteiger partial charge in [0.15, 0.2) is 5.65 Å². The van der Waals surface area contributed by atoms with Crippen LogP contribution >= 0.6 is 0 Å². The molecular weight excluding hydrogens is 226 g/mol. The molecule has 2 aromatic rings. The van der Waals surface area contributed by atoms with Gasteiger partial charge >= 0.3 is 0 Å². The molecule has 5 nitrogen and oxygen atoms in total. The molecule has 2 aromatic heterocycles. The second-order valence-electron chi connectivity index (χ2n) is 5.04. The first-order chi connectivity index (χ1) is 8.72. The summed E-state index contributed by atoms with van der Waals surface area (Å²) in [5.74, 6) is 2.33. The van der Waals surface area contributed by atoms with Gasteiger partial charge in [-0.1, -0.05) is 13.8 Å². The zero-order valence-corrected chi connectivity index (χ0v) is 11.1. The lowest BCUT2D eigenvalue weighted by atomic mass is 9.88. The first kappa shape index (κ1) is 13.0. The van der Waals surface area contributed by atoms with Crippen molar-refractivity contribution in [1.82, 2.24) is 19.6 Å². The van der Waals surface area contributed by atoms with E-state index in [9.17, 15) is 0 Å². The zero-order chi connectivity index (χ0) is 13.0. The molecule has 2 heterocycles. The average Bonchev–Trinajstić information content (AvgIpc) is 2.77. The lowest BCUT2D eigenvalue weighted by molar-refractivity contribution is 0.339. The molecule has 0 amide bonds.